The molecule has 0 saturated carbocycles. The average molecular weight is 248 g/mol. The van der Waals surface area contributed by atoms with Crippen LogP contribution in [0.5, 0.6) is 0 Å². The maximum Gasteiger partial charge on any atom is 0.263 e. The largest absolute Gasteiger partial charge is 0.353 e. The van der Waals surface area contributed by atoms with Gasteiger partial charge < -0.3 is 5.32 Å². The fourth-order valence-corrected chi connectivity index (χ4v) is 2.86. The van der Waals surface area contributed by atoms with Crippen LogP contribution in [0.4, 0.5) is 4.39 Å². The SMILES string of the molecule is O=C1NCCCCC1(F)c1ccc(Cl)s1. The molecule has 15 heavy (non-hydrogen) atoms. The van der Waals surface area contributed by atoms with Crippen LogP contribution in [-0.4, -0.2) is 12.5 Å². The molecule has 1 fully saturated rings. The van der Waals surface area contributed by atoms with E-state index in [0.29, 0.717) is 22.2 Å². The predicted octanol–water partition coefficient (Wildman–Crippen LogP) is 2.87. The van der Waals surface area contributed by atoms with Crippen molar-refractivity contribution in [3.8, 4) is 0 Å². The van der Waals surface area contributed by atoms with Gasteiger partial charge in [0, 0.05) is 6.54 Å². The molecule has 1 unspecified atom stereocenters. The number of rotatable bonds is 1. The molecule has 82 valence electrons. The minimum atomic E-state index is -1.88. The average Bonchev–Trinajstić information content (AvgIpc) is 2.56. The van der Waals surface area contributed by atoms with Gasteiger partial charge in [-0.25, -0.2) is 4.39 Å². The monoisotopic (exact) mass is 247 g/mol. The Morgan fingerprint density at radius 3 is 2.93 bits per heavy atom. The van der Waals surface area contributed by atoms with Crippen LogP contribution < -0.4 is 5.32 Å². The van der Waals surface area contributed by atoms with Gasteiger partial charge in [-0.3, -0.25) is 4.79 Å². The van der Waals surface area contributed by atoms with Gasteiger partial charge in [-0.2, -0.15) is 0 Å². The fraction of sp³-hybridized carbons (Fsp3) is 0.500. The van der Waals surface area contributed by atoms with E-state index in [1.54, 1.807) is 12.1 Å². The maximum absolute atomic E-state index is 14.5. The molecule has 1 atom stereocenters. The van der Waals surface area contributed by atoms with Gasteiger partial charge in [0.25, 0.3) is 5.91 Å². The zero-order valence-corrected chi connectivity index (χ0v) is 9.63. The molecule has 1 aliphatic heterocycles. The number of hydrogen-bond acceptors (Lipinski definition) is 2. The van der Waals surface area contributed by atoms with Crippen LogP contribution in [0.2, 0.25) is 4.34 Å². The van der Waals surface area contributed by atoms with Gasteiger partial charge in [-0.15, -0.1) is 11.3 Å². The first-order chi connectivity index (χ1) is 7.13. The summed E-state index contributed by atoms with van der Waals surface area (Å²) in [6.07, 6.45) is 1.79. The quantitative estimate of drug-likeness (QED) is 0.812. The van der Waals surface area contributed by atoms with Crippen molar-refractivity contribution in [2.75, 3.05) is 6.54 Å². The highest BCUT2D eigenvalue weighted by Crippen LogP contribution is 2.38. The molecule has 2 nitrogen and oxygen atoms in total. The molecular weight excluding hydrogens is 237 g/mol. The molecule has 1 saturated heterocycles. The summed E-state index contributed by atoms with van der Waals surface area (Å²) in [5.41, 5.74) is -1.88. The topological polar surface area (TPSA) is 29.1 Å². The van der Waals surface area contributed by atoms with Gasteiger partial charge in [0.15, 0.2) is 0 Å². The summed E-state index contributed by atoms with van der Waals surface area (Å²) in [5.74, 6) is -0.529. The standard InChI is InChI=1S/C10H11ClFNOS/c11-8-4-3-7(15-8)10(12)5-1-2-6-13-9(10)14/h3-4H,1-2,5-6H2,(H,13,14). The van der Waals surface area contributed by atoms with Crippen LogP contribution in [0, 0.1) is 0 Å². The van der Waals surface area contributed by atoms with E-state index in [1.807, 2.05) is 0 Å². The van der Waals surface area contributed by atoms with Gasteiger partial charge >= 0.3 is 0 Å². The second kappa shape index (κ2) is 4.10. The third-order valence-electron chi connectivity index (χ3n) is 2.56. The molecule has 0 radical (unpaired) electrons. The van der Waals surface area contributed by atoms with Crippen LogP contribution in [0.25, 0.3) is 0 Å². The van der Waals surface area contributed by atoms with Gasteiger partial charge in [0.05, 0.1) is 9.21 Å². The lowest BCUT2D eigenvalue weighted by molar-refractivity contribution is -0.133. The minimum absolute atomic E-state index is 0.246. The molecule has 0 aromatic carbocycles. The number of nitrogens with one attached hydrogen (secondary N) is 1. The summed E-state index contributed by atoms with van der Waals surface area (Å²) in [7, 11) is 0. The fourth-order valence-electron chi connectivity index (χ4n) is 1.71. The Hall–Kier alpha value is -0.610. The molecule has 5 heteroatoms. The molecular formula is C10H11ClFNOS. The molecule has 0 spiro atoms. The Morgan fingerprint density at radius 2 is 2.27 bits per heavy atom. The lowest BCUT2D eigenvalue weighted by Gasteiger charge is -2.19. The Morgan fingerprint density at radius 1 is 1.47 bits per heavy atom. The third kappa shape index (κ3) is 2.01. The van der Waals surface area contributed by atoms with Crippen LogP contribution in [0.3, 0.4) is 0 Å². The molecule has 1 aromatic heterocycles. The van der Waals surface area contributed by atoms with Crippen LogP contribution in [-0.2, 0) is 10.5 Å². The first-order valence-corrected chi connectivity index (χ1v) is 6.05. The zero-order valence-electron chi connectivity index (χ0n) is 8.06. The Balaban J connectivity index is 2.33. The number of halogens is 2. The molecule has 1 amide bonds. The first-order valence-electron chi connectivity index (χ1n) is 4.86. The van der Waals surface area contributed by atoms with E-state index >= 15 is 0 Å². The highest BCUT2D eigenvalue weighted by Gasteiger charge is 2.42. The second-order valence-corrected chi connectivity index (χ2v) is 5.33. The van der Waals surface area contributed by atoms with Crippen molar-refractivity contribution in [2.24, 2.45) is 0 Å². The van der Waals surface area contributed by atoms with Gasteiger partial charge in [-0.1, -0.05) is 11.6 Å². The van der Waals surface area contributed by atoms with Crippen molar-refractivity contribution in [2.45, 2.75) is 24.9 Å². The van der Waals surface area contributed by atoms with Gasteiger partial charge in [0.2, 0.25) is 5.67 Å². The Labute approximate surface area is 96.4 Å². The summed E-state index contributed by atoms with van der Waals surface area (Å²) < 4.78 is 15.0. The van der Waals surface area contributed by atoms with Crippen LogP contribution >= 0.6 is 22.9 Å². The Bertz CT molecular complexity index is 381. The van der Waals surface area contributed by atoms with Crippen LogP contribution in [0.1, 0.15) is 24.1 Å². The molecule has 1 aromatic rings. The molecule has 1 aliphatic rings. The smallest absolute Gasteiger partial charge is 0.263 e. The second-order valence-electron chi connectivity index (χ2n) is 3.62. The summed E-state index contributed by atoms with van der Waals surface area (Å²) in [6, 6.07) is 3.22. The summed E-state index contributed by atoms with van der Waals surface area (Å²) in [6.45, 7) is 0.559. The van der Waals surface area contributed by atoms with Crippen molar-refractivity contribution in [3.63, 3.8) is 0 Å². The molecule has 0 aliphatic carbocycles. The van der Waals surface area contributed by atoms with E-state index in [0.717, 1.165) is 17.8 Å². The Kier molecular flexibility index (Phi) is 2.98. The minimum Gasteiger partial charge on any atom is -0.353 e. The van der Waals surface area contributed by atoms with Crippen molar-refractivity contribution in [1.82, 2.24) is 5.32 Å². The lowest BCUT2D eigenvalue weighted by Crippen LogP contribution is -2.38. The molecule has 0 bridgehead atoms. The zero-order chi connectivity index (χ0) is 10.9. The summed E-state index contributed by atoms with van der Waals surface area (Å²) in [5, 5.41) is 2.59. The number of hydrogen-bond donors (Lipinski definition) is 1. The van der Waals surface area contributed by atoms with E-state index in [1.165, 1.54) is 0 Å². The van der Waals surface area contributed by atoms with Crippen molar-refractivity contribution >= 4 is 28.8 Å². The highest BCUT2D eigenvalue weighted by molar-refractivity contribution is 7.16. The van der Waals surface area contributed by atoms with Crippen LogP contribution in [0.15, 0.2) is 12.1 Å². The van der Waals surface area contributed by atoms with E-state index < -0.39 is 11.6 Å². The number of alkyl halides is 1. The van der Waals surface area contributed by atoms with Crippen molar-refractivity contribution < 1.29 is 9.18 Å². The van der Waals surface area contributed by atoms with Gasteiger partial charge in [0.1, 0.15) is 0 Å². The number of carbonyl (C=O) groups is 1. The van der Waals surface area contributed by atoms with E-state index in [2.05, 4.69) is 5.32 Å². The number of amides is 1. The molecule has 2 rings (SSSR count). The maximum atomic E-state index is 14.5. The summed E-state index contributed by atoms with van der Waals surface area (Å²) in [4.78, 5) is 12.0. The van der Waals surface area contributed by atoms with Crippen molar-refractivity contribution in [1.29, 1.82) is 0 Å². The molecule has 2 heterocycles. The summed E-state index contributed by atoms with van der Waals surface area (Å²) >= 11 is 6.89. The number of thiophene rings is 1. The van der Waals surface area contributed by atoms with E-state index in [9.17, 15) is 9.18 Å². The third-order valence-corrected chi connectivity index (χ3v) is 3.93. The number of carbonyl (C=O) groups excluding carboxylic acids is 1. The van der Waals surface area contributed by atoms with E-state index in [4.69, 9.17) is 11.6 Å². The molecule has 1 N–H and O–H groups in total. The normalized spacial score (nSPS) is 27.2. The van der Waals surface area contributed by atoms with E-state index in [-0.39, 0.29) is 6.42 Å². The van der Waals surface area contributed by atoms with Gasteiger partial charge in [-0.05, 0) is 31.4 Å². The predicted molar refractivity (Wildman–Crippen MR) is 59.0 cm³/mol. The first kappa shape index (κ1) is 10.9. The highest BCUT2D eigenvalue weighted by atomic mass is 35.5. The van der Waals surface area contributed by atoms with Crippen molar-refractivity contribution in [3.05, 3.63) is 21.3 Å². The lowest BCUT2D eigenvalue weighted by atomic mass is 9.97.